The molecule has 2 unspecified atom stereocenters. The standard InChI is InChI=1S/C14H19ClO4/c1-14(7-4-8-19-14)13(16)9-5-6-10(17-2)11(15)12(9)18-3/h5-6,13,16H,4,7-8H2,1-3H3. The number of halogens is 1. The third kappa shape index (κ3) is 2.53. The van der Waals surface area contributed by atoms with Gasteiger partial charge in [-0.05, 0) is 31.9 Å². The van der Waals surface area contributed by atoms with Crippen molar-refractivity contribution in [1.82, 2.24) is 0 Å². The zero-order chi connectivity index (χ0) is 14.0. The predicted octanol–water partition coefficient (Wildman–Crippen LogP) is 2.96. The topological polar surface area (TPSA) is 47.9 Å². The maximum atomic E-state index is 10.6. The van der Waals surface area contributed by atoms with Crippen LogP contribution in [0, 0.1) is 0 Å². The summed E-state index contributed by atoms with van der Waals surface area (Å²) in [6.07, 6.45) is 0.967. The van der Waals surface area contributed by atoms with Gasteiger partial charge in [0.1, 0.15) is 22.6 Å². The lowest BCUT2D eigenvalue weighted by Crippen LogP contribution is -2.32. The number of hydrogen-bond donors (Lipinski definition) is 1. The minimum Gasteiger partial charge on any atom is -0.495 e. The van der Waals surface area contributed by atoms with Gasteiger partial charge in [0.05, 0.1) is 19.8 Å². The molecule has 1 aliphatic heterocycles. The SMILES string of the molecule is COc1ccc(C(O)C2(C)CCCO2)c(OC)c1Cl. The Morgan fingerprint density at radius 3 is 2.63 bits per heavy atom. The van der Waals surface area contributed by atoms with Crippen molar-refractivity contribution >= 4 is 11.6 Å². The van der Waals surface area contributed by atoms with Gasteiger partial charge in [0, 0.05) is 12.2 Å². The van der Waals surface area contributed by atoms with Gasteiger partial charge in [0.2, 0.25) is 0 Å². The van der Waals surface area contributed by atoms with Crippen molar-refractivity contribution in [3.8, 4) is 11.5 Å². The summed E-state index contributed by atoms with van der Waals surface area (Å²) < 4.78 is 16.1. The second-order valence-electron chi connectivity index (χ2n) is 4.87. The third-order valence-corrected chi connectivity index (χ3v) is 4.00. The van der Waals surface area contributed by atoms with Crippen molar-refractivity contribution in [2.45, 2.75) is 31.5 Å². The molecule has 1 fully saturated rings. The Bertz CT molecular complexity index is 455. The van der Waals surface area contributed by atoms with Crippen molar-refractivity contribution in [3.63, 3.8) is 0 Å². The molecular weight excluding hydrogens is 268 g/mol. The number of hydrogen-bond acceptors (Lipinski definition) is 4. The van der Waals surface area contributed by atoms with Gasteiger partial charge in [-0.1, -0.05) is 11.6 Å². The Labute approximate surface area is 118 Å². The summed E-state index contributed by atoms with van der Waals surface area (Å²) >= 11 is 6.21. The van der Waals surface area contributed by atoms with Crippen LogP contribution >= 0.6 is 11.6 Å². The molecule has 2 atom stereocenters. The molecule has 0 aromatic heterocycles. The van der Waals surface area contributed by atoms with E-state index in [2.05, 4.69) is 0 Å². The van der Waals surface area contributed by atoms with Gasteiger partial charge >= 0.3 is 0 Å². The molecule has 0 spiro atoms. The molecule has 4 nitrogen and oxygen atoms in total. The summed E-state index contributed by atoms with van der Waals surface area (Å²) in [5.41, 5.74) is 0.0308. The van der Waals surface area contributed by atoms with Crippen molar-refractivity contribution < 1.29 is 19.3 Å². The summed E-state index contributed by atoms with van der Waals surface area (Å²) in [6.45, 7) is 2.57. The molecule has 2 rings (SSSR count). The van der Waals surface area contributed by atoms with Gasteiger partial charge in [-0.25, -0.2) is 0 Å². The van der Waals surface area contributed by atoms with Gasteiger partial charge in [-0.3, -0.25) is 0 Å². The fourth-order valence-corrected chi connectivity index (χ4v) is 2.81. The van der Waals surface area contributed by atoms with E-state index < -0.39 is 11.7 Å². The highest BCUT2D eigenvalue weighted by Gasteiger charge is 2.40. The van der Waals surface area contributed by atoms with Crippen molar-refractivity contribution in [2.24, 2.45) is 0 Å². The predicted molar refractivity (Wildman–Crippen MR) is 73.1 cm³/mol. The van der Waals surface area contributed by atoms with Crippen LogP contribution in [0.15, 0.2) is 12.1 Å². The fourth-order valence-electron chi connectivity index (χ4n) is 2.48. The van der Waals surface area contributed by atoms with Gasteiger partial charge in [-0.2, -0.15) is 0 Å². The smallest absolute Gasteiger partial charge is 0.147 e. The Hall–Kier alpha value is -0.970. The minimum atomic E-state index is -0.784. The van der Waals surface area contributed by atoms with Crippen molar-refractivity contribution in [1.29, 1.82) is 0 Å². The molecule has 19 heavy (non-hydrogen) atoms. The maximum absolute atomic E-state index is 10.6. The van der Waals surface area contributed by atoms with Gasteiger partial charge in [0.15, 0.2) is 0 Å². The van der Waals surface area contributed by atoms with Crippen LogP contribution in [0.1, 0.15) is 31.4 Å². The zero-order valence-electron chi connectivity index (χ0n) is 11.4. The average molecular weight is 287 g/mol. The molecule has 1 aliphatic rings. The number of ether oxygens (including phenoxy) is 3. The normalized spacial score (nSPS) is 24.3. The van der Waals surface area contributed by atoms with Crippen LogP contribution in [0.4, 0.5) is 0 Å². The molecular formula is C14H19ClO4. The molecule has 1 N–H and O–H groups in total. The summed E-state index contributed by atoms with van der Waals surface area (Å²) in [5.74, 6) is 0.956. The molecule has 1 saturated heterocycles. The highest BCUT2D eigenvalue weighted by molar-refractivity contribution is 6.33. The van der Waals surface area contributed by atoms with Crippen LogP contribution < -0.4 is 9.47 Å². The molecule has 1 aromatic rings. The molecule has 106 valence electrons. The summed E-state index contributed by atoms with van der Waals surface area (Å²) in [5, 5.41) is 10.9. The molecule has 1 heterocycles. The second kappa shape index (κ2) is 5.57. The van der Waals surface area contributed by atoms with Gasteiger partial charge < -0.3 is 19.3 Å². The first-order valence-electron chi connectivity index (χ1n) is 6.26. The van der Waals surface area contributed by atoms with Crippen molar-refractivity contribution in [2.75, 3.05) is 20.8 Å². The van der Waals surface area contributed by atoms with Crippen LogP contribution in [0.2, 0.25) is 5.02 Å². The Morgan fingerprint density at radius 1 is 1.37 bits per heavy atom. The molecule has 0 amide bonds. The highest BCUT2D eigenvalue weighted by Crippen LogP contribution is 2.45. The summed E-state index contributed by atoms with van der Waals surface area (Å²) in [6, 6.07) is 3.49. The van der Waals surface area contributed by atoms with Crippen LogP contribution in [0.3, 0.4) is 0 Å². The Kier molecular flexibility index (Phi) is 4.23. The first-order chi connectivity index (χ1) is 9.03. The van der Waals surface area contributed by atoms with E-state index in [1.165, 1.54) is 14.2 Å². The van der Waals surface area contributed by atoms with E-state index >= 15 is 0 Å². The molecule has 0 bridgehead atoms. The van der Waals surface area contributed by atoms with E-state index in [-0.39, 0.29) is 0 Å². The molecule has 1 aromatic carbocycles. The molecule has 0 saturated carbocycles. The zero-order valence-corrected chi connectivity index (χ0v) is 12.2. The fraction of sp³-hybridized carbons (Fsp3) is 0.571. The van der Waals surface area contributed by atoms with E-state index in [0.717, 1.165) is 12.8 Å². The number of rotatable bonds is 4. The van der Waals surface area contributed by atoms with Crippen LogP contribution in [-0.2, 0) is 4.74 Å². The number of benzene rings is 1. The summed E-state index contributed by atoms with van der Waals surface area (Å²) in [7, 11) is 3.06. The second-order valence-corrected chi connectivity index (χ2v) is 5.25. The molecule has 5 heteroatoms. The van der Waals surface area contributed by atoms with E-state index in [1.54, 1.807) is 12.1 Å². The maximum Gasteiger partial charge on any atom is 0.147 e. The number of aliphatic hydroxyl groups is 1. The van der Waals surface area contributed by atoms with E-state index in [4.69, 9.17) is 25.8 Å². The van der Waals surface area contributed by atoms with E-state index in [0.29, 0.717) is 28.7 Å². The lowest BCUT2D eigenvalue weighted by Gasteiger charge is -2.30. The quantitative estimate of drug-likeness (QED) is 0.924. The molecule has 0 aliphatic carbocycles. The summed E-state index contributed by atoms with van der Waals surface area (Å²) in [4.78, 5) is 0. The highest BCUT2D eigenvalue weighted by atomic mass is 35.5. The Morgan fingerprint density at radius 2 is 2.11 bits per heavy atom. The average Bonchev–Trinajstić information content (AvgIpc) is 2.85. The minimum absolute atomic E-state index is 0.364. The largest absolute Gasteiger partial charge is 0.495 e. The first kappa shape index (κ1) is 14.4. The van der Waals surface area contributed by atoms with Crippen LogP contribution in [0.25, 0.3) is 0 Å². The Balaban J connectivity index is 2.41. The van der Waals surface area contributed by atoms with Crippen LogP contribution in [-0.4, -0.2) is 31.5 Å². The third-order valence-electron chi connectivity index (χ3n) is 3.64. The van der Waals surface area contributed by atoms with Gasteiger partial charge in [0.25, 0.3) is 0 Å². The lowest BCUT2D eigenvalue weighted by atomic mass is 9.89. The van der Waals surface area contributed by atoms with Gasteiger partial charge in [-0.15, -0.1) is 0 Å². The number of methoxy groups -OCH3 is 2. The van der Waals surface area contributed by atoms with Crippen molar-refractivity contribution in [3.05, 3.63) is 22.7 Å². The van der Waals surface area contributed by atoms with Crippen LogP contribution in [0.5, 0.6) is 11.5 Å². The van der Waals surface area contributed by atoms with E-state index in [9.17, 15) is 5.11 Å². The first-order valence-corrected chi connectivity index (χ1v) is 6.63. The van der Waals surface area contributed by atoms with E-state index in [1.807, 2.05) is 6.92 Å². The monoisotopic (exact) mass is 286 g/mol. The number of aliphatic hydroxyl groups excluding tert-OH is 1. The lowest BCUT2D eigenvalue weighted by molar-refractivity contribution is -0.0803. The molecule has 0 radical (unpaired) electrons.